The van der Waals surface area contributed by atoms with Crippen LogP contribution >= 0.6 is 0 Å². The molecule has 1 aliphatic heterocycles. The van der Waals surface area contributed by atoms with E-state index in [1.807, 2.05) is 0 Å². The Hall–Kier alpha value is -0.570. The normalized spacial score (nSPS) is 29.2. The van der Waals surface area contributed by atoms with Crippen LogP contribution in [0.5, 0.6) is 0 Å². The molecule has 1 aliphatic carbocycles. The van der Waals surface area contributed by atoms with Gasteiger partial charge in [0.2, 0.25) is 5.91 Å². The molecule has 16 heavy (non-hydrogen) atoms. The summed E-state index contributed by atoms with van der Waals surface area (Å²) in [5.74, 6) is 1.45. The van der Waals surface area contributed by atoms with Crippen molar-refractivity contribution in [3.8, 4) is 0 Å². The molecule has 1 amide bonds. The highest BCUT2D eigenvalue weighted by atomic mass is 16.2. The van der Waals surface area contributed by atoms with Crippen molar-refractivity contribution in [1.29, 1.82) is 0 Å². The lowest BCUT2D eigenvalue weighted by Crippen LogP contribution is -2.40. The van der Waals surface area contributed by atoms with Crippen LogP contribution in [0.1, 0.15) is 39.5 Å². The smallest absolute Gasteiger partial charge is 0.226 e. The maximum absolute atomic E-state index is 12.1. The number of carbonyl (C=O) groups is 1. The van der Waals surface area contributed by atoms with E-state index in [1.54, 1.807) is 0 Å². The maximum Gasteiger partial charge on any atom is 0.226 e. The van der Waals surface area contributed by atoms with E-state index in [9.17, 15) is 4.79 Å². The van der Waals surface area contributed by atoms with E-state index in [1.165, 1.54) is 0 Å². The van der Waals surface area contributed by atoms with Crippen LogP contribution < -0.4 is 5.73 Å². The number of hydrogen-bond donors (Lipinski definition) is 1. The third-order valence-corrected chi connectivity index (χ3v) is 4.31. The fraction of sp³-hybridized carbons (Fsp3) is 0.923. The molecular weight excluding hydrogens is 200 g/mol. The van der Waals surface area contributed by atoms with Gasteiger partial charge in [0.1, 0.15) is 0 Å². The fourth-order valence-corrected chi connectivity index (χ4v) is 2.79. The summed E-state index contributed by atoms with van der Waals surface area (Å²) in [4.78, 5) is 14.2. The first-order valence-electron chi connectivity index (χ1n) is 6.53. The van der Waals surface area contributed by atoms with Crippen molar-refractivity contribution in [2.24, 2.45) is 23.0 Å². The van der Waals surface area contributed by atoms with Gasteiger partial charge in [-0.15, -0.1) is 0 Å². The Morgan fingerprint density at radius 1 is 1.38 bits per heavy atom. The van der Waals surface area contributed by atoms with Gasteiger partial charge < -0.3 is 10.6 Å². The standard InChI is InChI=1S/C13H24N2O/c1-13(2)9-11(13)12(16)15-7-4-10(3-6-14)5-8-15/h10-11H,3-9,14H2,1-2H3. The number of nitrogens with two attached hydrogens (primary N) is 1. The van der Waals surface area contributed by atoms with Gasteiger partial charge in [0.25, 0.3) is 0 Å². The molecule has 2 N–H and O–H groups in total. The van der Waals surface area contributed by atoms with Gasteiger partial charge in [-0.1, -0.05) is 13.8 Å². The Morgan fingerprint density at radius 3 is 2.38 bits per heavy atom. The highest BCUT2D eigenvalue weighted by molar-refractivity contribution is 5.82. The summed E-state index contributed by atoms with van der Waals surface area (Å²) in [5.41, 5.74) is 5.84. The third-order valence-electron chi connectivity index (χ3n) is 4.31. The van der Waals surface area contributed by atoms with Gasteiger partial charge in [0.15, 0.2) is 0 Å². The van der Waals surface area contributed by atoms with E-state index >= 15 is 0 Å². The number of carbonyl (C=O) groups excluding carboxylic acids is 1. The van der Waals surface area contributed by atoms with Crippen LogP contribution in [0, 0.1) is 17.3 Å². The lowest BCUT2D eigenvalue weighted by Gasteiger charge is -2.32. The van der Waals surface area contributed by atoms with Crippen molar-refractivity contribution in [2.45, 2.75) is 39.5 Å². The second kappa shape index (κ2) is 4.36. The van der Waals surface area contributed by atoms with E-state index < -0.39 is 0 Å². The molecule has 2 fully saturated rings. The molecule has 0 bridgehead atoms. The van der Waals surface area contributed by atoms with Gasteiger partial charge in [0.05, 0.1) is 0 Å². The Labute approximate surface area is 98.4 Å². The summed E-state index contributed by atoms with van der Waals surface area (Å²) >= 11 is 0. The van der Waals surface area contributed by atoms with E-state index in [0.29, 0.717) is 11.8 Å². The minimum atomic E-state index is 0.269. The van der Waals surface area contributed by atoms with E-state index in [-0.39, 0.29) is 5.41 Å². The van der Waals surface area contributed by atoms with Gasteiger partial charge >= 0.3 is 0 Å². The zero-order valence-electron chi connectivity index (χ0n) is 10.5. The molecule has 3 heteroatoms. The van der Waals surface area contributed by atoms with E-state index in [4.69, 9.17) is 5.73 Å². The van der Waals surface area contributed by atoms with Gasteiger partial charge in [-0.05, 0) is 43.6 Å². The molecular formula is C13H24N2O. The van der Waals surface area contributed by atoms with Crippen molar-refractivity contribution in [2.75, 3.05) is 19.6 Å². The van der Waals surface area contributed by atoms with Crippen LogP contribution in [-0.2, 0) is 4.79 Å². The lowest BCUT2D eigenvalue weighted by atomic mass is 9.93. The SMILES string of the molecule is CC1(C)CC1C(=O)N1CCC(CCN)CC1. The summed E-state index contributed by atoms with van der Waals surface area (Å²) in [6.07, 6.45) is 4.50. The van der Waals surface area contributed by atoms with Crippen molar-refractivity contribution in [1.82, 2.24) is 4.90 Å². The minimum Gasteiger partial charge on any atom is -0.342 e. The molecule has 0 aromatic carbocycles. The molecule has 0 aromatic heterocycles. The molecule has 2 aliphatic rings. The molecule has 1 saturated heterocycles. The average molecular weight is 224 g/mol. The van der Waals surface area contributed by atoms with Crippen molar-refractivity contribution >= 4 is 5.91 Å². The number of rotatable bonds is 3. The predicted molar refractivity (Wildman–Crippen MR) is 64.9 cm³/mol. The zero-order chi connectivity index (χ0) is 11.8. The van der Waals surface area contributed by atoms with Gasteiger partial charge in [-0.3, -0.25) is 4.79 Å². The van der Waals surface area contributed by atoms with Crippen molar-refractivity contribution in [3.05, 3.63) is 0 Å². The lowest BCUT2D eigenvalue weighted by molar-refractivity contribution is -0.134. The number of piperidine rings is 1. The Balaban J connectivity index is 1.79. The molecule has 0 spiro atoms. The van der Waals surface area contributed by atoms with Gasteiger partial charge in [-0.2, -0.15) is 0 Å². The first-order valence-corrected chi connectivity index (χ1v) is 6.53. The molecule has 1 atom stereocenters. The molecule has 1 heterocycles. The van der Waals surface area contributed by atoms with Crippen LogP contribution in [0.2, 0.25) is 0 Å². The summed E-state index contributed by atoms with van der Waals surface area (Å²) in [6.45, 7) is 7.08. The van der Waals surface area contributed by atoms with Crippen molar-refractivity contribution < 1.29 is 4.79 Å². The second-order valence-electron chi connectivity index (χ2n) is 6.09. The monoisotopic (exact) mass is 224 g/mol. The van der Waals surface area contributed by atoms with E-state index in [0.717, 1.165) is 51.2 Å². The topological polar surface area (TPSA) is 46.3 Å². The first-order chi connectivity index (χ1) is 7.54. The molecule has 1 saturated carbocycles. The van der Waals surface area contributed by atoms with Crippen LogP contribution in [0.15, 0.2) is 0 Å². The third kappa shape index (κ3) is 2.40. The molecule has 92 valence electrons. The summed E-state index contributed by atoms with van der Waals surface area (Å²) < 4.78 is 0. The molecule has 2 rings (SSSR count). The maximum atomic E-state index is 12.1. The Bertz CT molecular complexity index is 267. The van der Waals surface area contributed by atoms with Crippen LogP contribution in [0.4, 0.5) is 0 Å². The minimum absolute atomic E-state index is 0.269. The number of hydrogen-bond acceptors (Lipinski definition) is 2. The number of likely N-dealkylation sites (tertiary alicyclic amines) is 1. The largest absolute Gasteiger partial charge is 0.342 e. The van der Waals surface area contributed by atoms with Crippen LogP contribution in [-0.4, -0.2) is 30.4 Å². The Kier molecular flexibility index (Phi) is 3.24. The van der Waals surface area contributed by atoms with Crippen molar-refractivity contribution in [3.63, 3.8) is 0 Å². The van der Waals surface area contributed by atoms with Crippen LogP contribution in [0.3, 0.4) is 0 Å². The Morgan fingerprint density at radius 2 is 1.94 bits per heavy atom. The first kappa shape index (κ1) is 11.9. The molecule has 3 nitrogen and oxygen atoms in total. The summed E-state index contributed by atoms with van der Waals surface area (Å²) in [6, 6.07) is 0. The number of amides is 1. The summed E-state index contributed by atoms with van der Waals surface area (Å²) in [7, 11) is 0. The van der Waals surface area contributed by atoms with E-state index in [2.05, 4.69) is 18.7 Å². The molecule has 1 unspecified atom stereocenters. The fourth-order valence-electron chi connectivity index (χ4n) is 2.79. The molecule has 0 radical (unpaired) electrons. The second-order valence-corrected chi connectivity index (χ2v) is 6.09. The highest BCUT2D eigenvalue weighted by Gasteiger charge is 2.52. The quantitative estimate of drug-likeness (QED) is 0.792. The average Bonchev–Trinajstić information content (AvgIpc) is 2.88. The van der Waals surface area contributed by atoms with Gasteiger partial charge in [-0.25, -0.2) is 0 Å². The number of nitrogens with zero attached hydrogens (tertiary/aromatic N) is 1. The summed E-state index contributed by atoms with van der Waals surface area (Å²) in [5, 5.41) is 0. The zero-order valence-corrected chi connectivity index (χ0v) is 10.5. The van der Waals surface area contributed by atoms with Gasteiger partial charge in [0, 0.05) is 19.0 Å². The molecule has 0 aromatic rings. The predicted octanol–water partition coefficient (Wildman–Crippen LogP) is 1.62. The highest BCUT2D eigenvalue weighted by Crippen LogP contribution is 2.52. The van der Waals surface area contributed by atoms with Crippen LogP contribution in [0.25, 0.3) is 0 Å².